The summed E-state index contributed by atoms with van der Waals surface area (Å²) >= 11 is 5.02. The third-order valence-corrected chi connectivity index (χ3v) is 64.2. The van der Waals surface area contributed by atoms with E-state index < -0.39 is 0 Å². The van der Waals surface area contributed by atoms with E-state index in [1.165, 1.54) is 19.7 Å². The first-order chi connectivity index (χ1) is 16.4. The molecule has 0 atom stereocenters. The molecule has 0 fully saturated rings. The fraction of sp³-hybridized carbons (Fsp3) is 0. The normalized spacial score (nSPS) is 11.5. The third kappa shape index (κ3) is 42.8. The topological polar surface area (TPSA) is 29.5 Å². The van der Waals surface area contributed by atoms with Crippen molar-refractivity contribution in [1.29, 1.82) is 0 Å². The zero-order valence-corrected chi connectivity index (χ0v) is 38.9. The molecule has 0 unspecified atom stereocenters. The van der Waals surface area contributed by atoms with Gasteiger partial charge < -0.3 is 0 Å². The zero-order valence-electron chi connectivity index (χ0n) is 13.6. The highest BCUT2D eigenvalue weighted by Crippen LogP contribution is 2.66. The molecule has 0 saturated heterocycles. The number of rotatable bonds is 30. The average molecular weight is 1030 g/mol. The Bertz CT molecular complexity index is 288. The van der Waals surface area contributed by atoms with E-state index in [0.717, 1.165) is 11.1 Å². The molecule has 0 aromatic rings. The Kier molecular flexibility index (Phi) is 56.7. The van der Waals surface area contributed by atoms with Crippen molar-refractivity contribution in [3.63, 3.8) is 0 Å². The molecule has 0 saturated carbocycles. The fourth-order valence-electron chi connectivity index (χ4n) is 0.331. The molecule has 200 valence electrons. The molecular formula is H2O2S31. The maximum Gasteiger partial charge on any atom is 0.114 e. The second-order valence-corrected chi connectivity index (χ2v) is 54.3. The van der Waals surface area contributed by atoms with E-state index >= 15 is 0 Å². The second-order valence-electron chi connectivity index (χ2n) is 2.12. The van der Waals surface area contributed by atoms with Crippen LogP contribution in [0.4, 0.5) is 0 Å². The lowest BCUT2D eigenvalue weighted by Crippen LogP contribution is -1.53. The van der Waals surface area contributed by atoms with E-state index in [9.17, 15) is 0 Å². The van der Waals surface area contributed by atoms with Gasteiger partial charge in [-0.1, -0.05) is 11.7 Å². The zero-order chi connectivity index (χ0) is 23.9. The van der Waals surface area contributed by atoms with Gasteiger partial charge in [0.1, 0.15) is 11.1 Å². The van der Waals surface area contributed by atoms with E-state index in [-0.39, 0.29) is 0 Å². The first-order valence-electron chi connectivity index (χ1n) is 5.37. The molecule has 0 aromatic heterocycles. The van der Waals surface area contributed by atoms with Gasteiger partial charge in [0.05, 0.1) is 0 Å². The van der Waals surface area contributed by atoms with Gasteiger partial charge in [0.2, 0.25) is 0 Å². The molecule has 0 aliphatic rings. The van der Waals surface area contributed by atoms with Crippen molar-refractivity contribution in [3.8, 4) is 0 Å². The van der Waals surface area contributed by atoms with E-state index in [0.29, 0.717) is 0 Å². The highest BCUT2D eigenvalue weighted by molar-refractivity contribution is 9.61. The van der Waals surface area contributed by atoms with E-state index in [1.54, 1.807) is 187 Å². The van der Waals surface area contributed by atoms with Crippen LogP contribution in [0.2, 0.25) is 0 Å². The number of thiol groups is 1. The van der Waals surface area contributed by atoms with Gasteiger partial charge in [-0.15, -0.1) is 0 Å². The lowest BCUT2D eigenvalue weighted by atomic mass is 15.0. The predicted octanol–water partition coefficient (Wildman–Crippen LogP) is 19.8. The molecule has 0 bridgehead atoms. The van der Waals surface area contributed by atoms with Crippen molar-refractivity contribution in [1.82, 2.24) is 0 Å². The van der Waals surface area contributed by atoms with Crippen LogP contribution >= 0.6 is 308 Å². The van der Waals surface area contributed by atoms with Crippen LogP contribution < -0.4 is 0 Å². The van der Waals surface area contributed by atoms with Crippen molar-refractivity contribution >= 4 is 308 Å². The molecule has 0 aromatic carbocycles. The Morgan fingerprint density at radius 2 is 0.485 bits per heavy atom. The van der Waals surface area contributed by atoms with Crippen molar-refractivity contribution in [2.24, 2.45) is 0 Å². The highest BCUT2D eigenvalue weighted by atomic mass is 34.1. The minimum absolute atomic E-state index is 0.952. The predicted molar refractivity (Wildman–Crippen MR) is 240 cm³/mol. The van der Waals surface area contributed by atoms with Gasteiger partial charge in [-0.3, -0.25) is 0 Å². The first-order valence-corrected chi connectivity index (χ1v) is 45.8. The van der Waals surface area contributed by atoms with E-state index in [4.69, 9.17) is 5.26 Å². The maximum atomic E-state index is 8.14. The molecule has 2 nitrogen and oxygen atoms in total. The smallest absolute Gasteiger partial charge is 0.114 e. The Morgan fingerprint density at radius 3 is 0.667 bits per heavy atom. The summed E-state index contributed by atoms with van der Waals surface area (Å²) in [7, 11) is 50.7. The standard InChI is InChI=1S/H2O2S31/c1-2-4-6-8-10-12-14-16-18-20-22-24-26-28-30-32-33-31-29-27-25-23-21-19-17-15-13-11-9-7-5-3/h1,3H. The molecule has 33 heavy (non-hydrogen) atoms. The summed E-state index contributed by atoms with van der Waals surface area (Å²) in [6.07, 6.45) is 0. The van der Waals surface area contributed by atoms with Crippen molar-refractivity contribution in [2.75, 3.05) is 0 Å². The van der Waals surface area contributed by atoms with Gasteiger partial charge in [-0.05, 0) is 78.6 Å². The second kappa shape index (κ2) is 42.8. The van der Waals surface area contributed by atoms with Crippen molar-refractivity contribution in [2.45, 2.75) is 0 Å². The van der Waals surface area contributed by atoms with Crippen LogP contribution in [0.5, 0.6) is 0 Å². The molecule has 0 amide bonds. The molecular weight excluding hydrogens is 1030 g/mol. The van der Waals surface area contributed by atoms with Crippen LogP contribution in [-0.4, -0.2) is 5.26 Å². The van der Waals surface area contributed by atoms with Gasteiger partial charge >= 0.3 is 0 Å². The Labute approximate surface area is 309 Å². The molecule has 0 aliphatic heterocycles. The molecule has 1 N–H and O–H groups in total. The highest BCUT2D eigenvalue weighted by Gasteiger charge is 2.02. The Morgan fingerprint density at radius 1 is 0.303 bits per heavy atom. The SMILES string of the molecule is OOSSSSSSSSSSSSSSSSSSSSSSSSSSSSSSS. The van der Waals surface area contributed by atoms with Gasteiger partial charge in [-0.25, -0.2) is 5.26 Å². The molecule has 0 heterocycles. The van der Waals surface area contributed by atoms with Crippen LogP contribution in [0, 0.1) is 0 Å². The maximum absolute atomic E-state index is 8.14. The summed E-state index contributed by atoms with van der Waals surface area (Å²) in [4.78, 5) is 0. The summed E-state index contributed by atoms with van der Waals surface area (Å²) in [6, 6.07) is 0. The molecule has 0 radical (unpaired) electrons. The van der Waals surface area contributed by atoms with Gasteiger partial charge in [0.15, 0.2) is 0 Å². The number of hydrogen-bond acceptors (Lipinski definition) is 33. The third-order valence-electron chi connectivity index (χ3n) is 0.839. The van der Waals surface area contributed by atoms with Crippen LogP contribution in [0.25, 0.3) is 0 Å². The van der Waals surface area contributed by atoms with Crippen LogP contribution in [0.3, 0.4) is 0 Å². The molecule has 0 aliphatic carbocycles. The summed E-state index contributed by atoms with van der Waals surface area (Å²) in [5, 5.41) is 8.14. The van der Waals surface area contributed by atoms with Crippen molar-refractivity contribution in [3.05, 3.63) is 0 Å². The molecule has 0 rings (SSSR count). The minimum atomic E-state index is 0.952. The molecule has 0 spiro atoms. The minimum Gasteiger partial charge on any atom is -0.239 e. The number of hydrogen-bond donors (Lipinski definition) is 2. The summed E-state index contributed by atoms with van der Waals surface area (Å²) in [6.45, 7) is 0. The fourth-order valence-corrected chi connectivity index (χ4v) is 75.9. The van der Waals surface area contributed by atoms with Crippen LogP contribution in [0.15, 0.2) is 0 Å². The van der Waals surface area contributed by atoms with Crippen LogP contribution in [-0.2, 0) is 4.33 Å². The van der Waals surface area contributed by atoms with Gasteiger partial charge in [-0.2, -0.15) is 4.33 Å². The van der Waals surface area contributed by atoms with Gasteiger partial charge in [0.25, 0.3) is 0 Å². The summed E-state index contributed by atoms with van der Waals surface area (Å²) in [5.41, 5.74) is 0. The molecule has 33 heteroatoms. The first kappa shape index (κ1) is 43.8. The Hall–Kier alpha value is 10.8. The summed E-state index contributed by atoms with van der Waals surface area (Å²) in [5.74, 6) is 0. The van der Waals surface area contributed by atoms with Gasteiger partial charge in [0, 0.05) is 206 Å². The largest absolute Gasteiger partial charge is 0.239 e. The van der Waals surface area contributed by atoms with Crippen LogP contribution in [0.1, 0.15) is 0 Å². The lowest BCUT2D eigenvalue weighted by molar-refractivity contribution is -0.114. The average Bonchev–Trinajstić information content (AvgIpc) is 2.83. The summed E-state index contributed by atoms with van der Waals surface area (Å²) < 4.78 is 3.90. The van der Waals surface area contributed by atoms with E-state index in [1.807, 2.05) is 78.6 Å². The van der Waals surface area contributed by atoms with Crippen molar-refractivity contribution < 1.29 is 9.59 Å². The quantitative estimate of drug-likeness (QED) is 0.0179. The monoisotopic (exact) mass is 1030 g/mol. The lowest BCUT2D eigenvalue weighted by Gasteiger charge is -1.99. The van der Waals surface area contributed by atoms with E-state index in [2.05, 4.69) is 16.0 Å². The Balaban J connectivity index is 2.99.